The van der Waals surface area contributed by atoms with Gasteiger partial charge in [-0.1, -0.05) is 12.1 Å². The molecule has 1 unspecified atom stereocenters. The van der Waals surface area contributed by atoms with Gasteiger partial charge in [0.2, 0.25) is 0 Å². The van der Waals surface area contributed by atoms with Crippen LogP contribution in [0.2, 0.25) is 0 Å². The molecule has 0 bridgehead atoms. The quantitative estimate of drug-likeness (QED) is 0.540. The lowest BCUT2D eigenvalue weighted by atomic mass is 9.84. The number of rotatable bonds is 6. The highest BCUT2D eigenvalue weighted by Crippen LogP contribution is 2.39. The predicted octanol–water partition coefficient (Wildman–Crippen LogP) is 1.90. The van der Waals surface area contributed by atoms with Crippen LogP contribution < -0.4 is 39.4 Å². The Bertz CT molecular complexity index is 1650. The molecule has 1 aliphatic heterocycles. The maximum Gasteiger partial charge on any atom is 0.274 e. The number of allylic oxidation sites excluding steroid dienone is 1. The number of aromatic nitrogens is 1. The van der Waals surface area contributed by atoms with Gasteiger partial charge in [0.15, 0.2) is 23.0 Å². The van der Waals surface area contributed by atoms with Crippen LogP contribution in [0.3, 0.4) is 0 Å². The van der Waals surface area contributed by atoms with Gasteiger partial charge in [0.25, 0.3) is 5.56 Å². The molecule has 0 spiro atoms. The molecular weight excluding hydrogens is 480 g/mol. The molecule has 36 heavy (non-hydrogen) atoms. The van der Waals surface area contributed by atoms with Crippen LogP contribution >= 0.6 is 11.3 Å². The minimum atomic E-state index is -0.771. The topological polar surface area (TPSA) is 133 Å². The first-order valence-electron chi connectivity index (χ1n) is 10.6. The number of hydrogen-bond donors (Lipinski definition) is 1. The lowest BCUT2D eigenvalue weighted by molar-refractivity contribution is 0.354. The van der Waals surface area contributed by atoms with Crippen LogP contribution in [0.25, 0.3) is 17.5 Å². The minimum Gasteiger partial charge on any atom is -0.493 e. The van der Waals surface area contributed by atoms with Crippen molar-refractivity contribution in [1.82, 2.24) is 4.57 Å². The van der Waals surface area contributed by atoms with Crippen LogP contribution in [0.4, 0.5) is 0 Å². The average molecular weight is 503 g/mol. The maximum atomic E-state index is 13.4. The fourth-order valence-electron chi connectivity index (χ4n) is 4.11. The van der Waals surface area contributed by atoms with Gasteiger partial charge in [0.05, 0.1) is 62.2 Å². The third-order valence-corrected chi connectivity index (χ3v) is 6.94. The molecule has 0 radical (unpaired) electrons. The minimum absolute atomic E-state index is 0.0144. The van der Waals surface area contributed by atoms with E-state index in [1.165, 1.54) is 33.0 Å². The largest absolute Gasteiger partial charge is 0.493 e. The zero-order valence-electron chi connectivity index (χ0n) is 20.0. The summed E-state index contributed by atoms with van der Waals surface area (Å²) in [4.78, 5) is 13.4. The van der Waals surface area contributed by atoms with Crippen molar-refractivity contribution in [3.63, 3.8) is 0 Å². The second-order valence-electron chi connectivity index (χ2n) is 7.65. The first kappa shape index (κ1) is 24.5. The average Bonchev–Trinajstić information content (AvgIpc) is 3.23. The van der Waals surface area contributed by atoms with E-state index in [2.05, 4.69) is 12.1 Å². The number of benzene rings is 2. The number of hydrogen-bond acceptors (Lipinski definition) is 9. The van der Waals surface area contributed by atoms with Crippen molar-refractivity contribution in [2.24, 2.45) is 5.73 Å². The first-order valence-corrected chi connectivity index (χ1v) is 11.5. The summed E-state index contributed by atoms with van der Waals surface area (Å²) in [5.41, 5.74) is 7.59. The van der Waals surface area contributed by atoms with Gasteiger partial charge in [0.1, 0.15) is 10.5 Å². The Morgan fingerprint density at radius 2 is 1.47 bits per heavy atom. The van der Waals surface area contributed by atoms with Crippen LogP contribution in [0.1, 0.15) is 17.0 Å². The number of nitrogens with two attached hydrogens (primary N) is 1. The number of thiazole rings is 1. The van der Waals surface area contributed by atoms with Crippen LogP contribution in [-0.2, 0) is 0 Å². The van der Waals surface area contributed by atoms with Crippen LogP contribution in [0.15, 0.2) is 46.8 Å². The number of methoxy groups -OCH3 is 4. The van der Waals surface area contributed by atoms with Crippen molar-refractivity contribution >= 4 is 28.8 Å². The van der Waals surface area contributed by atoms with E-state index in [9.17, 15) is 15.3 Å². The standard InChI is InChI=1S/C26H22N4O5S/c1-32-18-7-5-14(9-20(18)34-3)10-22-25(31)30-24(29)16(12-27)23(17(13-28)26(30)36-22)15-6-8-19(33-2)21(11-15)35-4/h5-11,23H,29H2,1-4H3/b22-10-. The van der Waals surface area contributed by atoms with Gasteiger partial charge < -0.3 is 24.7 Å². The Labute approximate surface area is 210 Å². The molecule has 2 N–H and O–H groups in total. The molecule has 3 aromatic rings. The van der Waals surface area contributed by atoms with E-state index in [1.54, 1.807) is 42.5 Å². The second-order valence-corrected chi connectivity index (χ2v) is 8.69. The van der Waals surface area contributed by atoms with Crippen LogP contribution in [0.5, 0.6) is 23.0 Å². The Morgan fingerprint density at radius 1 is 0.889 bits per heavy atom. The summed E-state index contributed by atoms with van der Waals surface area (Å²) in [6.45, 7) is 0. The van der Waals surface area contributed by atoms with E-state index >= 15 is 0 Å². The molecule has 1 aliphatic rings. The monoisotopic (exact) mass is 502 g/mol. The fraction of sp³-hybridized carbons (Fsp3) is 0.192. The molecule has 0 amide bonds. The van der Waals surface area contributed by atoms with E-state index in [-0.39, 0.29) is 17.0 Å². The molecule has 0 saturated heterocycles. The lowest BCUT2D eigenvalue weighted by Gasteiger charge is -2.23. The molecule has 182 valence electrons. The molecule has 2 heterocycles. The van der Waals surface area contributed by atoms with Gasteiger partial charge in [-0.15, -0.1) is 11.3 Å². The number of fused-ring (bicyclic) bond motifs is 1. The van der Waals surface area contributed by atoms with Crippen molar-refractivity contribution in [3.8, 4) is 35.1 Å². The normalized spacial score (nSPS) is 15.1. The van der Waals surface area contributed by atoms with Crippen molar-refractivity contribution < 1.29 is 18.9 Å². The van der Waals surface area contributed by atoms with E-state index in [1.807, 2.05) is 0 Å². The van der Waals surface area contributed by atoms with Crippen molar-refractivity contribution in [2.75, 3.05) is 28.4 Å². The molecule has 1 aromatic heterocycles. The van der Waals surface area contributed by atoms with Gasteiger partial charge in [-0.25, -0.2) is 0 Å². The van der Waals surface area contributed by atoms with Gasteiger partial charge in [-0.05, 0) is 41.5 Å². The van der Waals surface area contributed by atoms with Crippen molar-refractivity contribution in [1.29, 1.82) is 10.5 Å². The fourth-order valence-corrected chi connectivity index (χ4v) is 5.24. The third-order valence-electron chi connectivity index (χ3n) is 5.84. The van der Waals surface area contributed by atoms with Crippen molar-refractivity contribution in [3.05, 3.63) is 72.6 Å². The van der Waals surface area contributed by atoms with Gasteiger partial charge in [-0.3, -0.25) is 9.36 Å². The number of ether oxygens (including phenoxy) is 4. The molecule has 0 fully saturated rings. The Kier molecular flexibility index (Phi) is 6.73. The van der Waals surface area contributed by atoms with Crippen LogP contribution in [-0.4, -0.2) is 33.0 Å². The first-order chi connectivity index (χ1) is 17.4. The zero-order chi connectivity index (χ0) is 26.0. The highest BCUT2D eigenvalue weighted by atomic mass is 32.1. The Hall–Kier alpha value is -4.67. The van der Waals surface area contributed by atoms with Gasteiger partial charge in [-0.2, -0.15) is 10.5 Å². The highest BCUT2D eigenvalue weighted by Gasteiger charge is 2.32. The van der Waals surface area contributed by atoms with E-state index in [0.29, 0.717) is 43.3 Å². The zero-order valence-corrected chi connectivity index (χ0v) is 20.8. The summed E-state index contributed by atoms with van der Waals surface area (Å²) in [6, 6.07) is 14.7. The van der Waals surface area contributed by atoms with E-state index in [4.69, 9.17) is 24.7 Å². The molecule has 0 saturated carbocycles. The summed E-state index contributed by atoms with van der Waals surface area (Å²) < 4.78 is 23.3. The summed E-state index contributed by atoms with van der Waals surface area (Å²) in [5, 5.41) is 20.1. The van der Waals surface area contributed by atoms with E-state index in [0.717, 1.165) is 11.3 Å². The molecule has 1 atom stereocenters. The molecule has 10 heteroatoms. The number of nitrogens with zero attached hydrogens (tertiary/aromatic N) is 3. The Morgan fingerprint density at radius 3 is 2.06 bits per heavy atom. The molecular formula is C26H22N4O5S. The highest BCUT2D eigenvalue weighted by molar-refractivity contribution is 7.07. The van der Waals surface area contributed by atoms with Crippen molar-refractivity contribution in [2.45, 2.75) is 5.92 Å². The summed E-state index contributed by atoms with van der Waals surface area (Å²) in [6.07, 6.45) is 1.68. The Balaban J connectivity index is 1.99. The number of nitriles is 2. The lowest BCUT2D eigenvalue weighted by Crippen LogP contribution is -2.38. The summed E-state index contributed by atoms with van der Waals surface area (Å²) >= 11 is 1.13. The van der Waals surface area contributed by atoms with Gasteiger partial charge >= 0.3 is 0 Å². The SMILES string of the molecule is COc1ccc(/C=c2\sc3n(c2=O)C(N)=C(C#N)C(c2ccc(OC)c(OC)c2)C=3C#N)cc1OC. The molecule has 4 rings (SSSR count). The molecule has 9 nitrogen and oxygen atoms in total. The smallest absolute Gasteiger partial charge is 0.274 e. The molecule has 2 aromatic carbocycles. The third kappa shape index (κ3) is 3.94. The van der Waals surface area contributed by atoms with Gasteiger partial charge in [0, 0.05) is 0 Å². The van der Waals surface area contributed by atoms with E-state index < -0.39 is 11.5 Å². The maximum absolute atomic E-state index is 13.4. The second kappa shape index (κ2) is 9.90. The summed E-state index contributed by atoms with van der Waals surface area (Å²) in [7, 11) is 6.08. The summed E-state index contributed by atoms with van der Waals surface area (Å²) in [5.74, 6) is 1.23. The van der Waals surface area contributed by atoms with Crippen LogP contribution in [0, 0.1) is 22.7 Å². The molecule has 0 aliphatic carbocycles. The predicted molar refractivity (Wildman–Crippen MR) is 135 cm³/mol.